The summed E-state index contributed by atoms with van der Waals surface area (Å²) in [5, 5.41) is 6.31. The molecule has 1 aromatic carbocycles. The molecule has 6 heteroatoms. The highest BCUT2D eigenvalue weighted by Gasteiger charge is 2.27. The Morgan fingerprint density at radius 2 is 1.96 bits per heavy atom. The first-order chi connectivity index (χ1) is 11.8. The predicted octanol–water partition coefficient (Wildman–Crippen LogP) is 4.70. The average Bonchev–Trinajstić information content (AvgIpc) is 2.57. The third-order valence-electron chi connectivity index (χ3n) is 4.27. The van der Waals surface area contributed by atoms with Crippen LogP contribution >= 0.6 is 11.6 Å². The molecule has 1 N–H and O–H groups in total. The number of hydrogen-bond acceptors (Lipinski definition) is 4. The quantitative estimate of drug-likeness (QED) is 0.842. The van der Waals surface area contributed by atoms with E-state index >= 15 is 0 Å². The van der Waals surface area contributed by atoms with E-state index < -0.39 is 5.60 Å². The van der Waals surface area contributed by atoms with Crippen LogP contribution < -0.4 is 5.32 Å². The van der Waals surface area contributed by atoms with E-state index in [4.69, 9.17) is 16.3 Å². The van der Waals surface area contributed by atoms with Crippen LogP contribution in [0.3, 0.4) is 0 Å². The van der Waals surface area contributed by atoms with Crippen molar-refractivity contribution in [3.05, 3.63) is 35.6 Å². The number of hydrogen-bond donors (Lipinski definition) is 1. The number of carbonyl (C=O) groups is 1. The van der Waals surface area contributed by atoms with Crippen molar-refractivity contribution in [1.82, 2.24) is 9.88 Å². The number of piperidine rings is 1. The van der Waals surface area contributed by atoms with Crippen molar-refractivity contribution in [2.45, 2.75) is 45.3 Å². The monoisotopic (exact) mass is 361 g/mol. The van der Waals surface area contributed by atoms with E-state index in [1.165, 1.54) is 0 Å². The first kappa shape index (κ1) is 17.8. The molecule has 0 unspecified atom stereocenters. The van der Waals surface area contributed by atoms with Gasteiger partial charge in [-0.25, -0.2) is 4.79 Å². The molecule has 0 bridgehead atoms. The summed E-state index contributed by atoms with van der Waals surface area (Å²) in [5.74, 6) is 0. The van der Waals surface area contributed by atoms with E-state index in [9.17, 15) is 4.79 Å². The molecule has 2 aromatic rings. The smallest absolute Gasteiger partial charge is 0.410 e. The molecule has 0 saturated carbocycles. The van der Waals surface area contributed by atoms with Gasteiger partial charge < -0.3 is 15.0 Å². The Hall–Kier alpha value is -2.01. The van der Waals surface area contributed by atoms with Gasteiger partial charge in [-0.1, -0.05) is 11.6 Å². The number of pyridine rings is 1. The first-order valence-electron chi connectivity index (χ1n) is 8.60. The molecule has 1 aliphatic heterocycles. The number of nitrogens with one attached hydrogen (secondary N) is 1. The molecule has 0 radical (unpaired) electrons. The standard InChI is InChI=1S/C19H24ClN3O2/c1-19(2,3)25-18(24)23-10-7-13(8-11-23)22-17-5-4-16(20)15-12-21-9-6-14(15)17/h4-6,9,12-13,22H,7-8,10-11H2,1-3H3. The Labute approximate surface area is 153 Å². The number of nitrogens with zero attached hydrogens (tertiary/aromatic N) is 2. The fourth-order valence-electron chi connectivity index (χ4n) is 3.03. The van der Waals surface area contributed by atoms with Gasteiger partial charge in [-0.3, -0.25) is 4.98 Å². The Morgan fingerprint density at radius 3 is 2.64 bits per heavy atom. The highest BCUT2D eigenvalue weighted by molar-refractivity contribution is 6.36. The number of amides is 1. The van der Waals surface area contributed by atoms with Gasteiger partial charge in [0.2, 0.25) is 0 Å². The molecule has 0 atom stereocenters. The minimum Gasteiger partial charge on any atom is -0.444 e. The maximum atomic E-state index is 12.2. The van der Waals surface area contributed by atoms with Crippen LogP contribution in [0.15, 0.2) is 30.6 Å². The molecule has 1 amide bonds. The summed E-state index contributed by atoms with van der Waals surface area (Å²) in [6, 6.07) is 6.19. The second kappa shape index (κ2) is 7.08. The maximum absolute atomic E-state index is 12.2. The molecule has 1 aromatic heterocycles. The van der Waals surface area contributed by atoms with Crippen LogP contribution in [0.1, 0.15) is 33.6 Å². The molecular weight excluding hydrogens is 338 g/mol. The maximum Gasteiger partial charge on any atom is 0.410 e. The van der Waals surface area contributed by atoms with Crippen LogP contribution in [0.2, 0.25) is 5.02 Å². The zero-order valence-corrected chi connectivity index (χ0v) is 15.6. The van der Waals surface area contributed by atoms with Crippen molar-refractivity contribution in [1.29, 1.82) is 0 Å². The zero-order chi connectivity index (χ0) is 18.0. The first-order valence-corrected chi connectivity index (χ1v) is 8.98. The molecule has 3 rings (SSSR count). The normalized spacial score (nSPS) is 16.1. The Kier molecular flexibility index (Phi) is 5.04. The second-order valence-corrected chi connectivity index (χ2v) is 7.81. The lowest BCUT2D eigenvalue weighted by Crippen LogP contribution is -2.44. The number of benzene rings is 1. The van der Waals surface area contributed by atoms with Gasteiger partial charge in [-0.2, -0.15) is 0 Å². The average molecular weight is 362 g/mol. The number of ether oxygens (including phenoxy) is 1. The third-order valence-corrected chi connectivity index (χ3v) is 4.60. The molecule has 2 heterocycles. The number of rotatable bonds is 2. The zero-order valence-electron chi connectivity index (χ0n) is 14.9. The molecule has 25 heavy (non-hydrogen) atoms. The fourth-order valence-corrected chi connectivity index (χ4v) is 3.25. The summed E-state index contributed by atoms with van der Waals surface area (Å²) in [5.41, 5.74) is 0.597. The van der Waals surface area contributed by atoms with Gasteiger partial charge in [0.05, 0.1) is 5.02 Å². The summed E-state index contributed by atoms with van der Waals surface area (Å²) in [4.78, 5) is 18.1. The van der Waals surface area contributed by atoms with Crippen LogP contribution in [-0.2, 0) is 4.74 Å². The molecule has 5 nitrogen and oxygen atoms in total. The van der Waals surface area contributed by atoms with Crippen molar-refractivity contribution in [3.8, 4) is 0 Å². The molecule has 1 fully saturated rings. The lowest BCUT2D eigenvalue weighted by atomic mass is 10.0. The Morgan fingerprint density at radius 1 is 1.24 bits per heavy atom. The van der Waals surface area contributed by atoms with Crippen LogP contribution in [0.5, 0.6) is 0 Å². The summed E-state index contributed by atoms with van der Waals surface area (Å²) < 4.78 is 5.45. The topological polar surface area (TPSA) is 54.5 Å². The van der Waals surface area contributed by atoms with Crippen molar-refractivity contribution in [3.63, 3.8) is 0 Å². The van der Waals surface area contributed by atoms with Crippen molar-refractivity contribution >= 4 is 34.2 Å². The number of halogens is 1. The predicted molar refractivity (Wildman–Crippen MR) is 101 cm³/mol. The van der Waals surface area contributed by atoms with Gasteiger partial charge in [0.1, 0.15) is 5.60 Å². The van der Waals surface area contributed by atoms with Crippen molar-refractivity contribution < 1.29 is 9.53 Å². The number of aromatic nitrogens is 1. The van der Waals surface area contributed by atoms with Crippen molar-refractivity contribution in [2.75, 3.05) is 18.4 Å². The summed E-state index contributed by atoms with van der Waals surface area (Å²) >= 11 is 6.25. The molecule has 1 aliphatic rings. The molecular formula is C19H24ClN3O2. The minimum atomic E-state index is -0.456. The Balaban J connectivity index is 1.63. The third kappa shape index (κ3) is 4.34. The number of anilines is 1. The van der Waals surface area contributed by atoms with E-state index in [0.29, 0.717) is 24.2 Å². The second-order valence-electron chi connectivity index (χ2n) is 7.40. The number of carbonyl (C=O) groups excluding carboxylic acids is 1. The SMILES string of the molecule is CC(C)(C)OC(=O)N1CCC(Nc2ccc(Cl)c3cnccc23)CC1. The van der Waals surface area contributed by atoms with E-state index in [1.807, 2.05) is 39.0 Å². The van der Waals surface area contributed by atoms with Crippen LogP contribution in [-0.4, -0.2) is 40.7 Å². The van der Waals surface area contributed by atoms with Gasteiger partial charge >= 0.3 is 6.09 Å². The lowest BCUT2D eigenvalue weighted by Gasteiger charge is -2.34. The number of fused-ring (bicyclic) bond motifs is 1. The van der Waals surface area contributed by atoms with E-state index in [-0.39, 0.29) is 6.09 Å². The van der Waals surface area contributed by atoms with Gasteiger partial charge in [0.25, 0.3) is 0 Å². The molecule has 0 aliphatic carbocycles. The van der Waals surface area contributed by atoms with E-state index in [1.54, 1.807) is 17.3 Å². The van der Waals surface area contributed by atoms with Crippen LogP contribution in [0.25, 0.3) is 10.8 Å². The summed E-state index contributed by atoms with van der Waals surface area (Å²) in [6.45, 7) is 7.05. The fraction of sp³-hybridized carbons (Fsp3) is 0.474. The van der Waals surface area contributed by atoms with E-state index in [0.717, 1.165) is 29.3 Å². The number of likely N-dealkylation sites (tertiary alicyclic amines) is 1. The lowest BCUT2D eigenvalue weighted by molar-refractivity contribution is 0.0210. The van der Waals surface area contributed by atoms with Crippen molar-refractivity contribution in [2.24, 2.45) is 0 Å². The van der Waals surface area contributed by atoms with Crippen LogP contribution in [0, 0.1) is 0 Å². The van der Waals surface area contributed by atoms with Gasteiger partial charge in [0.15, 0.2) is 0 Å². The molecule has 1 saturated heterocycles. The highest BCUT2D eigenvalue weighted by Crippen LogP contribution is 2.30. The summed E-state index contributed by atoms with van der Waals surface area (Å²) in [7, 11) is 0. The van der Waals surface area contributed by atoms with Gasteiger partial charge in [-0.15, -0.1) is 0 Å². The van der Waals surface area contributed by atoms with E-state index in [2.05, 4.69) is 10.3 Å². The van der Waals surface area contributed by atoms with Crippen LogP contribution in [0.4, 0.5) is 10.5 Å². The minimum absolute atomic E-state index is 0.228. The molecule has 134 valence electrons. The van der Waals surface area contributed by atoms with Gasteiger partial charge in [-0.05, 0) is 51.8 Å². The van der Waals surface area contributed by atoms with Gasteiger partial charge in [0, 0.05) is 48.0 Å². The Bertz CT molecular complexity index is 765. The largest absolute Gasteiger partial charge is 0.444 e. The molecule has 0 spiro atoms. The highest BCUT2D eigenvalue weighted by atomic mass is 35.5. The summed E-state index contributed by atoms with van der Waals surface area (Å²) in [6.07, 6.45) is 5.10.